The molecular weight excluding hydrogens is 579 g/mol. The average molecular weight is 617 g/mol. The second-order valence-electron chi connectivity index (χ2n) is 13.1. The van der Waals surface area contributed by atoms with Crippen LogP contribution in [0.1, 0.15) is 39.1 Å². The van der Waals surface area contributed by atoms with Gasteiger partial charge in [0.05, 0.1) is 11.2 Å². The molecule has 4 aromatic carbocycles. The van der Waals surface area contributed by atoms with Gasteiger partial charge in [0, 0.05) is 33.6 Å². The monoisotopic (exact) mass is 616 g/mol. The molecule has 6 aromatic rings. The Hall–Kier alpha value is -4.98. The highest BCUT2D eigenvalue weighted by Crippen LogP contribution is 2.38. The minimum absolute atomic E-state index is 0.489. The molecule has 7 rings (SSSR count). The van der Waals surface area contributed by atoms with Crippen molar-refractivity contribution in [3.05, 3.63) is 127 Å². The van der Waals surface area contributed by atoms with Gasteiger partial charge in [0.2, 0.25) is 0 Å². The third kappa shape index (κ3) is 6.00. The molecule has 1 saturated heterocycles. The summed E-state index contributed by atoms with van der Waals surface area (Å²) in [5, 5.41) is 0. The highest BCUT2D eigenvalue weighted by molar-refractivity contribution is 6.62. The number of pyridine rings is 1. The Labute approximate surface area is 277 Å². The smallest absolute Gasteiger partial charge is 0.399 e. The van der Waals surface area contributed by atoms with Gasteiger partial charge in [0.15, 0.2) is 17.5 Å². The van der Waals surface area contributed by atoms with E-state index in [4.69, 9.17) is 29.2 Å². The zero-order valence-electron chi connectivity index (χ0n) is 27.7. The molecular formula is C40H37BN4O2. The number of nitrogens with zero attached hydrogens (tertiary/aromatic N) is 4. The molecule has 232 valence electrons. The van der Waals surface area contributed by atoms with Crippen LogP contribution in [0.3, 0.4) is 0 Å². The van der Waals surface area contributed by atoms with Gasteiger partial charge in [0.1, 0.15) is 0 Å². The van der Waals surface area contributed by atoms with Gasteiger partial charge in [-0.25, -0.2) is 15.0 Å². The number of aryl methyl sites for hydroxylation is 2. The van der Waals surface area contributed by atoms with Crippen LogP contribution in [0.2, 0.25) is 0 Å². The first-order chi connectivity index (χ1) is 22.6. The van der Waals surface area contributed by atoms with Crippen LogP contribution in [0.4, 0.5) is 0 Å². The van der Waals surface area contributed by atoms with E-state index in [9.17, 15) is 0 Å². The van der Waals surface area contributed by atoms with Crippen molar-refractivity contribution in [3.8, 4) is 56.4 Å². The van der Waals surface area contributed by atoms with Crippen molar-refractivity contribution in [2.24, 2.45) is 0 Å². The molecule has 0 amide bonds. The van der Waals surface area contributed by atoms with Crippen molar-refractivity contribution in [1.29, 1.82) is 0 Å². The van der Waals surface area contributed by atoms with Crippen LogP contribution in [-0.2, 0) is 9.31 Å². The zero-order valence-corrected chi connectivity index (χ0v) is 27.7. The van der Waals surface area contributed by atoms with Crippen molar-refractivity contribution in [1.82, 2.24) is 19.9 Å². The Bertz CT molecular complexity index is 2060. The summed E-state index contributed by atoms with van der Waals surface area (Å²) in [5.41, 5.74) is 8.68. The minimum Gasteiger partial charge on any atom is -0.399 e. The molecule has 0 bridgehead atoms. The van der Waals surface area contributed by atoms with E-state index in [0.29, 0.717) is 17.5 Å². The fourth-order valence-corrected chi connectivity index (χ4v) is 5.93. The summed E-state index contributed by atoms with van der Waals surface area (Å²) >= 11 is 0. The van der Waals surface area contributed by atoms with Crippen LogP contribution in [0.5, 0.6) is 0 Å². The van der Waals surface area contributed by atoms with Gasteiger partial charge in [-0.05, 0) is 75.8 Å². The lowest BCUT2D eigenvalue weighted by atomic mass is 9.76. The van der Waals surface area contributed by atoms with Gasteiger partial charge in [-0.15, -0.1) is 0 Å². The minimum atomic E-state index is -0.564. The van der Waals surface area contributed by atoms with E-state index in [1.165, 1.54) is 0 Å². The molecule has 6 nitrogen and oxygen atoms in total. The highest BCUT2D eigenvalue weighted by Gasteiger charge is 2.51. The van der Waals surface area contributed by atoms with Crippen LogP contribution in [0.15, 0.2) is 115 Å². The molecule has 1 aliphatic heterocycles. The van der Waals surface area contributed by atoms with Crippen molar-refractivity contribution in [3.63, 3.8) is 0 Å². The summed E-state index contributed by atoms with van der Waals surface area (Å²) in [5.74, 6) is 1.77. The Morgan fingerprint density at radius 1 is 0.468 bits per heavy atom. The molecule has 0 spiro atoms. The molecule has 0 radical (unpaired) electrons. The highest BCUT2D eigenvalue weighted by atomic mass is 16.7. The lowest BCUT2D eigenvalue weighted by Gasteiger charge is -2.32. The van der Waals surface area contributed by atoms with Crippen molar-refractivity contribution < 1.29 is 9.31 Å². The molecule has 3 heterocycles. The molecule has 0 saturated carbocycles. The summed E-state index contributed by atoms with van der Waals surface area (Å²) in [7, 11) is -0.564. The molecule has 0 atom stereocenters. The van der Waals surface area contributed by atoms with E-state index in [2.05, 4.69) is 76.2 Å². The van der Waals surface area contributed by atoms with E-state index in [1.54, 1.807) is 0 Å². The first kappa shape index (κ1) is 30.7. The fourth-order valence-electron chi connectivity index (χ4n) is 5.93. The Kier molecular flexibility index (Phi) is 7.83. The van der Waals surface area contributed by atoms with Gasteiger partial charge in [-0.2, -0.15) is 0 Å². The molecule has 7 heteroatoms. The molecule has 2 aromatic heterocycles. The van der Waals surface area contributed by atoms with Crippen LogP contribution < -0.4 is 5.46 Å². The first-order valence-corrected chi connectivity index (χ1v) is 16.0. The Morgan fingerprint density at radius 3 is 1.64 bits per heavy atom. The quantitative estimate of drug-likeness (QED) is 0.175. The predicted molar refractivity (Wildman–Crippen MR) is 190 cm³/mol. The molecule has 0 unspecified atom stereocenters. The predicted octanol–water partition coefficient (Wildman–Crippen LogP) is 8.52. The number of hydrogen-bond donors (Lipinski definition) is 0. The second kappa shape index (κ2) is 12.0. The van der Waals surface area contributed by atoms with E-state index in [-0.39, 0.29) is 0 Å². The molecule has 1 aliphatic rings. The Balaban J connectivity index is 1.45. The Morgan fingerprint density at radius 2 is 1.00 bits per heavy atom. The summed E-state index contributed by atoms with van der Waals surface area (Å²) in [4.78, 5) is 20.1. The maximum absolute atomic E-state index is 6.54. The van der Waals surface area contributed by atoms with Crippen molar-refractivity contribution >= 4 is 12.6 Å². The molecule has 1 fully saturated rings. The van der Waals surface area contributed by atoms with Crippen LogP contribution in [0.25, 0.3) is 56.4 Å². The molecule has 0 N–H and O–H groups in total. The van der Waals surface area contributed by atoms with Gasteiger partial charge < -0.3 is 9.31 Å². The summed E-state index contributed by atoms with van der Waals surface area (Å²) < 4.78 is 13.1. The number of aromatic nitrogens is 4. The third-order valence-electron chi connectivity index (χ3n) is 9.20. The number of rotatable bonds is 6. The molecule has 47 heavy (non-hydrogen) atoms. The zero-order chi connectivity index (χ0) is 32.8. The van der Waals surface area contributed by atoms with Gasteiger partial charge in [-0.1, -0.05) is 103 Å². The topological polar surface area (TPSA) is 70.0 Å². The number of benzene rings is 4. The summed E-state index contributed by atoms with van der Waals surface area (Å²) in [6, 6.07) is 39.2. The van der Waals surface area contributed by atoms with Crippen molar-refractivity contribution in [2.45, 2.75) is 52.7 Å². The maximum atomic E-state index is 6.54. The van der Waals surface area contributed by atoms with Crippen LogP contribution in [0, 0.1) is 13.8 Å². The second-order valence-corrected chi connectivity index (χ2v) is 13.1. The first-order valence-electron chi connectivity index (χ1n) is 16.0. The SMILES string of the molecule is Cc1ccc(-c2cc(B3OC(C)(C)C(C)(C)O3)cc(-c3nc(-c4ccccc4)nc(-c4ccccc4-c4ccccc4)n3)c2)c(C)n1. The average Bonchev–Trinajstić information content (AvgIpc) is 3.31. The largest absolute Gasteiger partial charge is 0.494 e. The number of hydrogen-bond acceptors (Lipinski definition) is 6. The normalized spacial score (nSPS) is 15.1. The van der Waals surface area contributed by atoms with Gasteiger partial charge in [-0.3, -0.25) is 4.98 Å². The van der Waals surface area contributed by atoms with E-state index >= 15 is 0 Å². The van der Waals surface area contributed by atoms with Crippen LogP contribution in [-0.4, -0.2) is 38.3 Å². The van der Waals surface area contributed by atoms with E-state index < -0.39 is 18.3 Å². The summed E-state index contributed by atoms with van der Waals surface area (Å²) in [6.45, 7) is 12.3. The fraction of sp³-hybridized carbons (Fsp3) is 0.200. The van der Waals surface area contributed by atoms with E-state index in [0.717, 1.165) is 55.8 Å². The van der Waals surface area contributed by atoms with Crippen LogP contribution >= 0.6 is 0 Å². The van der Waals surface area contributed by atoms with Gasteiger partial charge >= 0.3 is 7.12 Å². The maximum Gasteiger partial charge on any atom is 0.494 e. The lowest BCUT2D eigenvalue weighted by molar-refractivity contribution is 0.00578. The van der Waals surface area contributed by atoms with Gasteiger partial charge in [0.25, 0.3) is 0 Å². The van der Waals surface area contributed by atoms with E-state index in [1.807, 2.05) is 80.6 Å². The van der Waals surface area contributed by atoms with Crippen molar-refractivity contribution in [2.75, 3.05) is 0 Å². The summed E-state index contributed by atoms with van der Waals surface area (Å²) in [6.07, 6.45) is 0. The molecule has 0 aliphatic carbocycles. The lowest BCUT2D eigenvalue weighted by Crippen LogP contribution is -2.41. The standard InChI is InChI=1S/C40H37BN4O2/c1-26-21-22-33(27(2)42-26)30-23-31(25-32(24-30)41-46-39(3,4)40(5,6)47-41)37-43-36(29-17-11-8-12-18-29)44-38(45-37)35-20-14-13-19-34(35)28-15-9-7-10-16-28/h7-25H,1-6H3. The third-order valence-corrected chi connectivity index (χ3v) is 9.20.